The molecule has 2 N–H and O–H groups in total. The molecule has 1 heterocycles. The molecule has 0 bridgehead atoms. The monoisotopic (exact) mass is 253 g/mol. The van der Waals surface area contributed by atoms with E-state index in [1.54, 1.807) is 0 Å². The molecule has 1 saturated heterocycles. The molecular weight excluding hydrogens is 234 g/mol. The molecule has 0 saturated carbocycles. The Hall–Kier alpha value is -0.770. The highest BCUT2D eigenvalue weighted by Crippen LogP contribution is 2.27. The summed E-state index contributed by atoms with van der Waals surface area (Å²) in [6.45, 7) is 8.19. The second-order valence-electron chi connectivity index (χ2n) is 4.36. The van der Waals surface area contributed by atoms with E-state index in [-0.39, 0.29) is 0 Å². The van der Waals surface area contributed by atoms with E-state index in [4.69, 9.17) is 17.3 Å². The fourth-order valence-electron chi connectivity index (χ4n) is 2.35. The molecule has 2 rings (SSSR count). The molecule has 0 spiro atoms. The third-order valence-corrected chi connectivity index (χ3v) is 3.81. The maximum absolute atomic E-state index is 6.19. The maximum atomic E-state index is 6.19. The van der Waals surface area contributed by atoms with Gasteiger partial charge in [-0.1, -0.05) is 24.6 Å². The lowest BCUT2D eigenvalue weighted by atomic mass is 10.1. The van der Waals surface area contributed by atoms with Gasteiger partial charge in [0.05, 0.1) is 0 Å². The van der Waals surface area contributed by atoms with Gasteiger partial charge in [0.25, 0.3) is 0 Å². The molecule has 17 heavy (non-hydrogen) atoms. The van der Waals surface area contributed by atoms with Crippen LogP contribution in [0.4, 0.5) is 5.69 Å². The Bertz CT molecular complexity index is 373. The van der Waals surface area contributed by atoms with E-state index in [0.29, 0.717) is 6.54 Å². The van der Waals surface area contributed by atoms with Crippen LogP contribution in [0.5, 0.6) is 0 Å². The van der Waals surface area contributed by atoms with Crippen LogP contribution >= 0.6 is 11.6 Å². The van der Waals surface area contributed by atoms with Gasteiger partial charge < -0.3 is 15.5 Å². The van der Waals surface area contributed by atoms with E-state index in [2.05, 4.69) is 22.8 Å². The minimum Gasteiger partial charge on any atom is -0.369 e. The van der Waals surface area contributed by atoms with Crippen molar-refractivity contribution in [1.29, 1.82) is 0 Å². The Morgan fingerprint density at radius 3 is 2.53 bits per heavy atom. The predicted octanol–water partition coefficient (Wildman–Crippen LogP) is 1.94. The number of nitrogens with two attached hydrogens (primary N) is 1. The molecular formula is C13H20ClN3. The van der Waals surface area contributed by atoms with E-state index in [0.717, 1.165) is 43.3 Å². The molecule has 1 aromatic carbocycles. The number of anilines is 1. The molecule has 1 aromatic rings. The first kappa shape index (κ1) is 12.7. The molecule has 1 aliphatic heterocycles. The zero-order valence-electron chi connectivity index (χ0n) is 10.3. The summed E-state index contributed by atoms with van der Waals surface area (Å²) in [4.78, 5) is 4.85. The smallest absolute Gasteiger partial charge is 0.0471 e. The van der Waals surface area contributed by atoms with Gasteiger partial charge in [-0.2, -0.15) is 0 Å². The largest absolute Gasteiger partial charge is 0.369 e. The SMILES string of the molecule is CCN1CCN(c2cccc(Cl)c2CN)CC1. The first-order valence-corrected chi connectivity index (χ1v) is 6.58. The summed E-state index contributed by atoms with van der Waals surface area (Å²) in [5.74, 6) is 0. The van der Waals surface area contributed by atoms with Crippen molar-refractivity contribution in [2.45, 2.75) is 13.5 Å². The van der Waals surface area contributed by atoms with Gasteiger partial charge in [-0.3, -0.25) is 0 Å². The topological polar surface area (TPSA) is 32.5 Å². The second kappa shape index (κ2) is 5.71. The van der Waals surface area contributed by atoms with Crippen molar-refractivity contribution in [3.8, 4) is 0 Å². The standard InChI is InChI=1S/C13H20ClN3/c1-2-16-6-8-17(9-7-16)13-5-3-4-12(14)11(13)10-15/h3-5H,2,6-10,15H2,1H3. The average Bonchev–Trinajstić information content (AvgIpc) is 2.38. The summed E-state index contributed by atoms with van der Waals surface area (Å²) in [7, 11) is 0. The van der Waals surface area contributed by atoms with Crippen molar-refractivity contribution in [3.63, 3.8) is 0 Å². The first-order valence-electron chi connectivity index (χ1n) is 6.21. The molecule has 4 heteroatoms. The summed E-state index contributed by atoms with van der Waals surface area (Å²) in [5, 5.41) is 0.780. The van der Waals surface area contributed by atoms with Crippen LogP contribution in [0, 0.1) is 0 Å². The lowest BCUT2D eigenvalue weighted by molar-refractivity contribution is 0.271. The quantitative estimate of drug-likeness (QED) is 0.894. The Balaban J connectivity index is 2.15. The van der Waals surface area contributed by atoms with E-state index < -0.39 is 0 Å². The number of halogens is 1. The third-order valence-electron chi connectivity index (χ3n) is 3.46. The highest BCUT2D eigenvalue weighted by atomic mass is 35.5. The zero-order valence-corrected chi connectivity index (χ0v) is 11.1. The van der Waals surface area contributed by atoms with Gasteiger partial charge in [0.15, 0.2) is 0 Å². The van der Waals surface area contributed by atoms with Crippen LogP contribution in [0.15, 0.2) is 18.2 Å². The zero-order chi connectivity index (χ0) is 12.3. The molecule has 94 valence electrons. The van der Waals surface area contributed by atoms with Crippen LogP contribution in [-0.4, -0.2) is 37.6 Å². The number of piperazine rings is 1. The van der Waals surface area contributed by atoms with Crippen LogP contribution in [-0.2, 0) is 6.54 Å². The van der Waals surface area contributed by atoms with Crippen LogP contribution in [0.2, 0.25) is 5.02 Å². The third kappa shape index (κ3) is 2.73. The number of benzene rings is 1. The summed E-state index contributed by atoms with van der Waals surface area (Å²) >= 11 is 6.19. The van der Waals surface area contributed by atoms with Crippen molar-refractivity contribution in [1.82, 2.24) is 4.90 Å². The number of hydrogen-bond donors (Lipinski definition) is 1. The Morgan fingerprint density at radius 2 is 1.94 bits per heavy atom. The second-order valence-corrected chi connectivity index (χ2v) is 4.77. The summed E-state index contributed by atoms with van der Waals surface area (Å²) in [6.07, 6.45) is 0. The van der Waals surface area contributed by atoms with Gasteiger partial charge in [-0.25, -0.2) is 0 Å². The number of nitrogens with zero attached hydrogens (tertiary/aromatic N) is 2. The highest BCUT2D eigenvalue weighted by Gasteiger charge is 2.18. The minimum absolute atomic E-state index is 0.503. The average molecular weight is 254 g/mol. The van der Waals surface area contributed by atoms with Crippen molar-refractivity contribution >= 4 is 17.3 Å². The van der Waals surface area contributed by atoms with E-state index in [1.165, 1.54) is 5.69 Å². The normalized spacial score (nSPS) is 17.5. The maximum Gasteiger partial charge on any atom is 0.0471 e. The summed E-state index contributed by atoms with van der Waals surface area (Å²) in [6, 6.07) is 6.04. The van der Waals surface area contributed by atoms with Crippen LogP contribution in [0.3, 0.4) is 0 Å². The molecule has 1 aliphatic rings. The van der Waals surface area contributed by atoms with Gasteiger partial charge in [-0.15, -0.1) is 0 Å². The lowest BCUT2D eigenvalue weighted by Gasteiger charge is -2.36. The van der Waals surface area contributed by atoms with Gasteiger partial charge in [0, 0.05) is 49.0 Å². The minimum atomic E-state index is 0.503. The first-order chi connectivity index (χ1) is 8.26. The van der Waals surface area contributed by atoms with Gasteiger partial charge in [0.1, 0.15) is 0 Å². The van der Waals surface area contributed by atoms with Gasteiger partial charge >= 0.3 is 0 Å². The highest BCUT2D eigenvalue weighted by molar-refractivity contribution is 6.31. The van der Waals surface area contributed by atoms with Crippen molar-refractivity contribution in [2.75, 3.05) is 37.6 Å². The van der Waals surface area contributed by atoms with Crippen molar-refractivity contribution < 1.29 is 0 Å². The van der Waals surface area contributed by atoms with Crippen LogP contribution in [0.25, 0.3) is 0 Å². The Labute approximate surface area is 108 Å². The van der Waals surface area contributed by atoms with Gasteiger partial charge in [-0.05, 0) is 18.7 Å². The molecule has 0 amide bonds. The van der Waals surface area contributed by atoms with E-state index in [9.17, 15) is 0 Å². The fraction of sp³-hybridized carbons (Fsp3) is 0.538. The molecule has 1 fully saturated rings. The number of hydrogen-bond acceptors (Lipinski definition) is 3. The summed E-state index contributed by atoms with van der Waals surface area (Å²) in [5.41, 5.74) is 8.06. The van der Waals surface area contributed by atoms with Gasteiger partial charge in [0.2, 0.25) is 0 Å². The van der Waals surface area contributed by atoms with Crippen molar-refractivity contribution in [3.05, 3.63) is 28.8 Å². The van der Waals surface area contributed by atoms with Crippen molar-refractivity contribution in [2.24, 2.45) is 5.73 Å². The Morgan fingerprint density at radius 1 is 1.24 bits per heavy atom. The molecule has 0 aliphatic carbocycles. The number of likely N-dealkylation sites (N-methyl/N-ethyl adjacent to an activating group) is 1. The van der Waals surface area contributed by atoms with E-state index >= 15 is 0 Å². The number of rotatable bonds is 3. The molecule has 0 aromatic heterocycles. The van der Waals surface area contributed by atoms with Crippen LogP contribution < -0.4 is 10.6 Å². The predicted molar refractivity (Wildman–Crippen MR) is 73.7 cm³/mol. The fourth-order valence-corrected chi connectivity index (χ4v) is 2.60. The molecule has 0 unspecified atom stereocenters. The van der Waals surface area contributed by atoms with E-state index in [1.807, 2.05) is 12.1 Å². The molecule has 0 radical (unpaired) electrons. The Kier molecular flexibility index (Phi) is 4.26. The molecule has 3 nitrogen and oxygen atoms in total. The molecule has 0 atom stereocenters. The summed E-state index contributed by atoms with van der Waals surface area (Å²) < 4.78 is 0. The van der Waals surface area contributed by atoms with Crippen LogP contribution in [0.1, 0.15) is 12.5 Å². The lowest BCUT2D eigenvalue weighted by Crippen LogP contribution is -2.46.